The van der Waals surface area contributed by atoms with Crippen molar-refractivity contribution >= 4 is 5.91 Å². The highest BCUT2D eigenvalue weighted by Gasteiger charge is 2.28. The van der Waals surface area contributed by atoms with Crippen LogP contribution in [0.5, 0.6) is 0 Å². The maximum Gasteiger partial charge on any atom is 0.249 e. The zero-order valence-electron chi connectivity index (χ0n) is 30.8. The fourth-order valence-corrected chi connectivity index (χ4v) is 6.52. The van der Waals surface area contributed by atoms with Gasteiger partial charge in [-0.15, -0.1) is 0 Å². The van der Waals surface area contributed by atoms with Gasteiger partial charge in [0.05, 0.1) is 18.8 Å². The standard InChI is InChI=1S/C40H81NO5/c1-3-5-7-9-11-13-15-17-19-20-22-24-26-28-30-32-34-38(44)40(46)41-36(35-42)39(45)37(43)33-31-29-27-25-23-21-18-16-14-12-10-8-6-4-2/h36-39,42-45H,3-35H2,1-2H3,(H,41,46)/t36-,37+,38+,39-/m0/s1. The van der Waals surface area contributed by atoms with Crippen molar-refractivity contribution in [2.45, 2.75) is 244 Å². The Balaban J connectivity index is 3.74. The molecule has 0 spiro atoms. The quantitative estimate of drug-likeness (QED) is 0.0428. The lowest BCUT2D eigenvalue weighted by atomic mass is 9.99. The lowest BCUT2D eigenvalue weighted by Crippen LogP contribution is -2.53. The molecule has 5 N–H and O–H groups in total. The van der Waals surface area contributed by atoms with E-state index < -0.39 is 36.9 Å². The summed E-state index contributed by atoms with van der Waals surface area (Å²) in [6.07, 6.45) is 35.5. The summed E-state index contributed by atoms with van der Waals surface area (Å²) in [4.78, 5) is 12.5. The van der Waals surface area contributed by atoms with E-state index in [4.69, 9.17) is 0 Å². The molecule has 1 amide bonds. The summed E-state index contributed by atoms with van der Waals surface area (Å²) in [6, 6.07) is -0.977. The first-order valence-corrected chi connectivity index (χ1v) is 20.4. The topological polar surface area (TPSA) is 110 Å². The van der Waals surface area contributed by atoms with Gasteiger partial charge in [-0.1, -0.05) is 206 Å². The second kappa shape index (κ2) is 35.6. The molecule has 0 aliphatic rings. The summed E-state index contributed by atoms with van der Waals surface area (Å²) in [6.45, 7) is 4.05. The molecule has 0 heterocycles. The first kappa shape index (κ1) is 45.3. The molecule has 0 aromatic heterocycles. The van der Waals surface area contributed by atoms with Crippen LogP contribution in [-0.2, 0) is 4.79 Å². The predicted molar refractivity (Wildman–Crippen MR) is 196 cm³/mol. The van der Waals surface area contributed by atoms with Gasteiger partial charge in [-0.25, -0.2) is 0 Å². The molecule has 0 aliphatic heterocycles. The molecule has 6 heteroatoms. The molecule has 4 atom stereocenters. The fraction of sp³-hybridized carbons (Fsp3) is 0.975. The third kappa shape index (κ3) is 29.4. The molecule has 0 rings (SSSR count). The Hall–Kier alpha value is -0.690. The summed E-state index contributed by atoms with van der Waals surface area (Å²) in [5.41, 5.74) is 0. The fourth-order valence-electron chi connectivity index (χ4n) is 6.52. The minimum atomic E-state index is -1.25. The van der Waals surface area contributed by atoms with Crippen molar-refractivity contribution in [2.75, 3.05) is 6.61 Å². The maximum atomic E-state index is 12.5. The Bertz CT molecular complexity index is 618. The average molecular weight is 656 g/mol. The van der Waals surface area contributed by atoms with Gasteiger partial charge in [0.15, 0.2) is 0 Å². The Morgan fingerprint density at radius 1 is 0.457 bits per heavy atom. The van der Waals surface area contributed by atoms with Gasteiger partial charge in [-0.05, 0) is 12.8 Å². The zero-order chi connectivity index (χ0) is 33.9. The summed E-state index contributed by atoms with van der Waals surface area (Å²) >= 11 is 0. The molecule has 0 aliphatic carbocycles. The molecule has 0 fully saturated rings. The van der Waals surface area contributed by atoms with Crippen LogP contribution in [0.4, 0.5) is 0 Å². The van der Waals surface area contributed by atoms with Gasteiger partial charge in [-0.3, -0.25) is 4.79 Å². The minimum absolute atomic E-state index is 0.375. The molecular formula is C40H81NO5. The van der Waals surface area contributed by atoms with Gasteiger partial charge in [0.25, 0.3) is 0 Å². The number of carbonyl (C=O) groups is 1. The largest absolute Gasteiger partial charge is 0.394 e. The van der Waals surface area contributed by atoms with Crippen LogP contribution in [0.25, 0.3) is 0 Å². The second-order valence-corrected chi connectivity index (χ2v) is 14.3. The lowest BCUT2D eigenvalue weighted by molar-refractivity contribution is -0.132. The third-order valence-corrected chi connectivity index (χ3v) is 9.82. The number of carbonyl (C=O) groups excluding carboxylic acids is 1. The van der Waals surface area contributed by atoms with Gasteiger partial charge in [0, 0.05) is 0 Å². The summed E-state index contributed by atoms with van der Waals surface area (Å²) < 4.78 is 0. The lowest BCUT2D eigenvalue weighted by Gasteiger charge is -2.27. The maximum absolute atomic E-state index is 12.5. The first-order chi connectivity index (χ1) is 22.5. The summed E-state index contributed by atoms with van der Waals surface area (Å²) in [7, 11) is 0. The minimum Gasteiger partial charge on any atom is -0.394 e. The van der Waals surface area contributed by atoms with Gasteiger partial charge in [-0.2, -0.15) is 0 Å². The number of hydrogen-bond acceptors (Lipinski definition) is 5. The van der Waals surface area contributed by atoms with E-state index in [1.54, 1.807) is 0 Å². The predicted octanol–water partition coefficient (Wildman–Crippen LogP) is 10.1. The normalized spacial score (nSPS) is 14.3. The Morgan fingerprint density at radius 2 is 0.739 bits per heavy atom. The van der Waals surface area contributed by atoms with E-state index >= 15 is 0 Å². The first-order valence-electron chi connectivity index (χ1n) is 20.4. The zero-order valence-corrected chi connectivity index (χ0v) is 30.8. The summed E-state index contributed by atoms with van der Waals surface area (Å²) in [5, 5.41) is 43.6. The smallest absolute Gasteiger partial charge is 0.249 e. The molecular weight excluding hydrogens is 574 g/mol. The van der Waals surface area contributed by atoms with Crippen LogP contribution in [-0.4, -0.2) is 57.3 Å². The Morgan fingerprint density at radius 3 is 1.04 bits per heavy atom. The number of hydrogen-bond donors (Lipinski definition) is 5. The monoisotopic (exact) mass is 656 g/mol. The van der Waals surface area contributed by atoms with E-state index in [9.17, 15) is 25.2 Å². The molecule has 0 unspecified atom stereocenters. The van der Waals surface area contributed by atoms with Crippen LogP contribution in [0.2, 0.25) is 0 Å². The number of nitrogens with one attached hydrogen (secondary N) is 1. The van der Waals surface area contributed by atoms with E-state index in [2.05, 4.69) is 19.2 Å². The van der Waals surface area contributed by atoms with Crippen LogP contribution >= 0.6 is 0 Å². The molecule has 0 aromatic rings. The van der Waals surface area contributed by atoms with E-state index in [-0.39, 0.29) is 0 Å². The van der Waals surface area contributed by atoms with E-state index in [1.165, 1.54) is 154 Å². The van der Waals surface area contributed by atoms with Gasteiger partial charge < -0.3 is 25.7 Å². The molecule has 0 saturated carbocycles. The number of amides is 1. The second-order valence-electron chi connectivity index (χ2n) is 14.3. The van der Waals surface area contributed by atoms with Crippen molar-refractivity contribution in [2.24, 2.45) is 0 Å². The van der Waals surface area contributed by atoms with E-state index in [1.807, 2.05) is 0 Å². The van der Waals surface area contributed by atoms with Crippen LogP contribution in [0.3, 0.4) is 0 Å². The molecule has 6 nitrogen and oxygen atoms in total. The van der Waals surface area contributed by atoms with Crippen molar-refractivity contribution in [1.82, 2.24) is 5.32 Å². The summed E-state index contributed by atoms with van der Waals surface area (Å²) in [5.74, 6) is -0.581. The number of unbranched alkanes of at least 4 members (excludes halogenated alkanes) is 28. The van der Waals surface area contributed by atoms with Crippen LogP contribution in [0.1, 0.15) is 219 Å². The third-order valence-electron chi connectivity index (χ3n) is 9.82. The van der Waals surface area contributed by atoms with Crippen molar-refractivity contribution in [3.05, 3.63) is 0 Å². The Labute approximate surface area is 286 Å². The SMILES string of the molecule is CCCCCCCCCCCCCCCCCC[C@@H](O)C(=O)N[C@@H](CO)[C@H](O)[C@H](O)CCCCCCCCCCCCCCCC. The molecule has 276 valence electrons. The number of rotatable bonds is 37. The van der Waals surface area contributed by atoms with Crippen LogP contribution in [0, 0.1) is 0 Å². The molecule has 0 bridgehead atoms. The van der Waals surface area contributed by atoms with E-state index in [0.29, 0.717) is 12.8 Å². The van der Waals surface area contributed by atoms with Gasteiger partial charge in [0.1, 0.15) is 12.2 Å². The highest BCUT2D eigenvalue weighted by molar-refractivity contribution is 5.80. The van der Waals surface area contributed by atoms with Gasteiger partial charge >= 0.3 is 0 Å². The van der Waals surface area contributed by atoms with Crippen molar-refractivity contribution < 1.29 is 25.2 Å². The van der Waals surface area contributed by atoms with E-state index in [0.717, 1.165) is 38.5 Å². The molecule has 0 radical (unpaired) electrons. The number of aliphatic hydroxyl groups is 4. The molecule has 0 aromatic carbocycles. The van der Waals surface area contributed by atoms with Crippen molar-refractivity contribution in [1.29, 1.82) is 0 Å². The number of aliphatic hydroxyl groups excluding tert-OH is 4. The van der Waals surface area contributed by atoms with Crippen LogP contribution in [0.15, 0.2) is 0 Å². The van der Waals surface area contributed by atoms with Gasteiger partial charge in [0.2, 0.25) is 5.91 Å². The van der Waals surface area contributed by atoms with Crippen molar-refractivity contribution in [3.8, 4) is 0 Å². The average Bonchev–Trinajstić information content (AvgIpc) is 3.06. The highest BCUT2D eigenvalue weighted by atomic mass is 16.3. The van der Waals surface area contributed by atoms with Crippen molar-refractivity contribution in [3.63, 3.8) is 0 Å². The molecule has 0 saturated heterocycles. The highest BCUT2D eigenvalue weighted by Crippen LogP contribution is 2.17. The molecule has 46 heavy (non-hydrogen) atoms. The van der Waals surface area contributed by atoms with Crippen LogP contribution < -0.4 is 5.32 Å². The Kier molecular flexibility index (Phi) is 35.1.